The van der Waals surface area contributed by atoms with Gasteiger partial charge in [-0.1, -0.05) is 45.4 Å². The molecule has 0 aliphatic carbocycles. The van der Waals surface area contributed by atoms with E-state index in [-0.39, 0.29) is 0 Å². The van der Waals surface area contributed by atoms with Crippen LogP contribution in [0.25, 0.3) is 5.69 Å². The standard InChI is InChI=1S/C17H23ClN2/c1-5-13(6-2)15-8-7-14(18)11-17(15)20-10-9-16(19-20)12(3)4/h7-13H,5-6H2,1-4H3. The Bertz CT molecular complexity index is 568. The molecule has 2 nitrogen and oxygen atoms in total. The van der Waals surface area contributed by atoms with E-state index in [1.165, 1.54) is 5.56 Å². The van der Waals surface area contributed by atoms with Gasteiger partial charge in [-0.05, 0) is 48.4 Å². The minimum atomic E-state index is 0.437. The maximum absolute atomic E-state index is 6.19. The van der Waals surface area contributed by atoms with Gasteiger partial charge in [-0.3, -0.25) is 0 Å². The average molecular weight is 291 g/mol. The number of aromatic nitrogens is 2. The Morgan fingerprint density at radius 2 is 1.85 bits per heavy atom. The number of rotatable bonds is 5. The van der Waals surface area contributed by atoms with Crippen molar-refractivity contribution >= 4 is 11.6 Å². The van der Waals surface area contributed by atoms with E-state index in [9.17, 15) is 0 Å². The molecule has 2 aromatic rings. The molecule has 0 unspecified atom stereocenters. The lowest BCUT2D eigenvalue weighted by Gasteiger charge is -2.18. The van der Waals surface area contributed by atoms with Gasteiger partial charge in [0.25, 0.3) is 0 Å². The van der Waals surface area contributed by atoms with Crippen LogP contribution in [0.5, 0.6) is 0 Å². The second-order valence-corrected chi connectivity index (χ2v) is 5.99. The van der Waals surface area contributed by atoms with Crippen LogP contribution in [0.3, 0.4) is 0 Å². The third-order valence-corrected chi connectivity index (χ3v) is 4.10. The SMILES string of the molecule is CCC(CC)c1ccc(Cl)cc1-n1ccc(C(C)C)n1. The monoisotopic (exact) mass is 290 g/mol. The van der Waals surface area contributed by atoms with Crippen LogP contribution >= 0.6 is 11.6 Å². The third kappa shape index (κ3) is 3.06. The molecule has 0 amide bonds. The average Bonchev–Trinajstić information content (AvgIpc) is 2.91. The fraction of sp³-hybridized carbons (Fsp3) is 0.471. The fourth-order valence-electron chi connectivity index (χ4n) is 2.57. The summed E-state index contributed by atoms with van der Waals surface area (Å²) in [6, 6.07) is 8.23. The summed E-state index contributed by atoms with van der Waals surface area (Å²) in [4.78, 5) is 0. The highest BCUT2D eigenvalue weighted by molar-refractivity contribution is 6.30. The van der Waals surface area contributed by atoms with Gasteiger partial charge in [-0.2, -0.15) is 5.10 Å². The maximum atomic E-state index is 6.19. The fourth-order valence-corrected chi connectivity index (χ4v) is 2.74. The number of benzene rings is 1. The van der Waals surface area contributed by atoms with Gasteiger partial charge in [0.2, 0.25) is 0 Å². The van der Waals surface area contributed by atoms with Gasteiger partial charge in [0.05, 0.1) is 11.4 Å². The first-order valence-electron chi connectivity index (χ1n) is 7.42. The van der Waals surface area contributed by atoms with Crippen molar-refractivity contribution in [3.8, 4) is 5.69 Å². The first kappa shape index (κ1) is 15.1. The van der Waals surface area contributed by atoms with Crippen LogP contribution in [0.4, 0.5) is 0 Å². The Balaban J connectivity index is 2.50. The molecule has 1 heterocycles. The zero-order chi connectivity index (χ0) is 14.7. The van der Waals surface area contributed by atoms with E-state index in [0.29, 0.717) is 11.8 Å². The van der Waals surface area contributed by atoms with Gasteiger partial charge >= 0.3 is 0 Å². The maximum Gasteiger partial charge on any atom is 0.0695 e. The predicted octanol–water partition coefficient (Wildman–Crippen LogP) is 5.55. The first-order chi connectivity index (χ1) is 9.56. The molecule has 0 saturated carbocycles. The van der Waals surface area contributed by atoms with Gasteiger partial charge in [0.15, 0.2) is 0 Å². The van der Waals surface area contributed by atoms with Crippen LogP contribution in [0.15, 0.2) is 30.5 Å². The minimum Gasteiger partial charge on any atom is -0.240 e. The van der Waals surface area contributed by atoms with Gasteiger partial charge < -0.3 is 0 Å². The highest BCUT2D eigenvalue weighted by Gasteiger charge is 2.15. The Morgan fingerprint density at radius 1 is 1.15 bits per heavy atom. The molecule has 0 spiro atoms. The van der Waals surface area contributed by atoms with E-state index in [1.54, 1.807) is 0 Å². The van der Waals surface area contributed by atoms with Crippen LogP contribution in [0, 0.1) is 0 Å². The molecular weight excluding hydrogens is 268 g/mol. The molecule has 0 fully saturated rings. The van der Waals surface area contributed by atoms with Crippen LogP contribution in [-0.4, -0.2) is 9.78 Å². The quantitative estimate of drug-likeness (QED) is 0.705. The highest BCUT2D eigenvalue weighted by Crippen LogP contribution is 2.30. The normalized spacial score (nSPS) is 11.6. The molecule has 20 heavy (non-hydrogen) atoms. The summed E-state index contributed by atoms with van der Waals surface area (Å²) < 4.78 is 1.97. The Morgan fingerprint density at radius 3 is 2.40 bits per heavy atom. The first-order valence-corrected chi connectivity index (χ1v) is 7.80. The molecule has 0 bridgehead atoms. The van der Waals surface area contributed by atoms with Gasteiger partial charge in [-0.25, -0.2) is 4.68 Å². The zero-order valence-corrected chi connectivity index (χ0v) is 13.5. The summed E-state index contributed by atoms with van der Waals surface area (Å²) >= 11 is 6.19. The Hall–Kier alpha value is -1.28. The van der Waals surface area contributed by atoms with E-state index in [1.807, 2.05) is 23.0 Å². The van der Waals surface area contributed by atoms with Gasteiger partial charge in [-0.15, -0.1) is 0 Å². The van der Waals surface area contributed by atoms with Crippen LogP contribution in [0.1, 0.15) is 63.6 Å². The lowest BCUT2D eigenvalue weighted by molar-refractivity contribution is 0.633. The minimum absolute atomic E-state index is 0.437. The van der Waals surface area contributed by atoms with Crippen molar-refractivity contribution in [3.63, 3.8) is 0 Å². The van der Waals surface area contributed by atoms with Crippen molar-refractivity contribution in [2.24, 2.45) is 0 Å². The number of hydrogen-bond donors (Lipinski definition) is 0. The summed E-state index contributed by atoms with van der Waals surface area (Å²) in [5.74, 6) is 0.987. The molecule has 1 aromatic heterocycles. The predicted molar refractivity (Wildman–Crippen MR) is 86.0 cm³/mol. The van der Waals surface area contributed by atoms with Gasteiger partial charge in [0, 0.05) is 11.2 Å². The summed E-state index contributed by atoms with van der Waals surface area (Å²) in [6.07, 6.45) is 4.29. The second-order valence-electron chi connectivity index (χ2n) is 5.56. The van der Waals surface area contributed by atoms with Crippen molar-refractivity contribution in [2.45, 2.75) is 52.4 Å². The molecule has 3 heteroatoms. The van der Waals surface area contributed by atoms with Crippen molar-refractivity contribution in [1.82, 2.24) is 9.78 Å². The van der Waals surface area contributed by atoms with Gasteiger partial charge in [0.1, 0.15) is 0 Å². The van der Waals surface area contributed by atoms with E-state index >= 15 is 0 Å². The summed E-state index contributed by atoms with van der Waals surface area (Å²) in [5, 5.41) is 5.45. The van der Waals surface area contributed by atoms with E-state index in [2.05, 4.69) is 39.8 Å². The summed E-state index contributed by atoms with van der Waals surface area (Å²) in [6.45, 7) is 8.78. The Kier molecular flexibility index (Phi) is 4.87. The van der Waals surface area contributed by atoms with E-state index < -0.39 is 0 Å². The van der Waals surface area contributed by atoms with Crippen LogP contribution < -0.4 is 0 Å². The molecule has 0 aliphatic heterocycles. The molecule has 0 radical (unpaired) electrons. The second kappa shape index (κ2) is 6.45. The van der Waals surface area contributed by atoms with Crippen molar-refractivity contribution < 1.29 is 0 Å². The topological polar surface area (TPSA) is 17.8 Å². The number of halogens is 1. The molecule has 0 saturated heterocycles. The molecular formula is C17H23ClN2. The molecule has 2 rings (SSSR count). The third-order valence-electron chi connectivity index (χ3n) is 3.87. The van der Waals surface area contributed by atoms with E-state index in [4.69, 9.17) is 16.7 Å². The van der Waals surface area contributed by atoms with Crippen molar-refractivity contribution in [1.29, 1.82) is 0 Å². The molecule has 1 aromatic carbocycles. The Labute approximate surface area is 126 Å². The largest absolute Gasteiger partial charge is 0.240 e. The lowest BCUT2D eigenvalue weighted by atomic mass is 9.92. The summed E-state index contributed by atoms with van der Waals surface area (Å²) in [7, 11) is 0. The highest BCUT2D eigenvalue weighted by atomic mass is 35.5. The zero-order valence-electron chi connectivity index (χ0n) is 12.7. The van der Waals surface area contributed by atoms with Crippen LogP contribution in [0.2, 0.25) is 5.02 Å². The molecule has 108 valence electrons. The lowest BCUT2D eigenvalue weighted by Crippen LogP contribution is -2.05. The molecule has 0 N–H and O–H groups in total. The molecule has 0 aliphatic rings. The smallest absolute Gasteiger partial charge is 0.0695 e. The van der Waals surface area contributed by atoms with Crippen molar-refractivity contribution in [2.75, 3.05) is 0 Å². The number of nitrogens with zero attached hydrogens (tertiary/aromatic N) is 2. The summed E-state index contributed by atoms with van der Waals surface area (Å²) in [5.41, 5.74) is 3.55. The molecule has 0 atom stereocenters. The van der Waals surface area contributed by atoms with E-state index in [0.717, 1.165) is 29.2 Å². The van der Waals surface area contributed by atoms with Crippen LogP contribution in [-0.2, 0) is 0 Å². The number of hydrogen-bond acceptors (Lipinski definition) is 1. The van der Waals surface area contributed by atoms with Crippen molar-refractivity contribution in [3.05, 3.63) is 46.7 Å².